The number of rotatable bonds is 4. The molecule has 0 bridgehead atoms. The van der Waals surface area contributed by atoms with Gasteiger partial charge in [-0.05, 0) is 19.9 Å². The van der Waals surface area contributed by atoms with E-state index < -0.39 is 0 Å². The van der Waals surface area contributed by atoms with Crippen LogP contribution >= 0.6 is 0 Å². The van der Waals surface area contributed by atoms with Crippen molar-refractivity contribution in [1.82, 2.24) is 19.6 Å². The van der Waals surface area contributed by atoms with Crippen LogP contribution in [0.25, 0.3) is 0 Å². The van der Waals surface area contributed by atoms with Crippen LogP contribution in [0.1, 0.15) is 13.8 Å². The maximum Gasteiger partial charge on any atom is 0.103 e. The normalized spacial score (nSPS) is 18.7. The van der Waals surface area contributed by atoms with Crippen molar-refractivity contribution < 1.29 is 0 Å². The third kappa shape index (κ3) is 3.09. The van der Waals surface area contributed by atoms with Crippen molar-refractivity contribution >= 4 is 0 Å². The van der Waals surface area contributed by atoms with Gasteiger partial charge in [0.15, 0.2) is 0 Å². The van der Waals surface area contributed by atoms with Crippen LogP contribution in [0, 0.1) is 11.3 Å². The minimum atomic E-state index is -0.339. The molecule has 0 atom stereocenters. The predicted molar refractivity (Wildman–Crippen MR) is 69.9 cm³/mol. The molecule has 98 valence electrons. The van der Waals surface area contributed by atoms with Crippen LogP contribution in [0.5, 0.6) is 0 Å². The summed E-state index contributed by atoms with van der Waals surface area (Å²) in [5.41, 5.74) is -0.339. The van der Waals surface area contributed by atoms with Crippen molar-refractivity contribution in [1.29, 1.82) is 5.26 Å². The Balaban J connectivity index is 1.75. The Kier molecular flexibility index (Phi) is 4.00. The molecular weight excluding hydrogens is 226 g/mol. The Hall–Kier alpha value is -1.38. The summed E-state index contributed by atoms with van der Waals surface area (Å²) in [6.07, 6.45) is 3.81. The van der Waals surface area contributed by atoms with E-state index >= 15 is 0 Å². The Morgan fingerprint density at radius 1 is 1.22 bits per heavy atom. The molecule has 0 radical (unpaired) electrons. The van der Waals surface area contributed by atoms with Gasteiger partial charge in [0, 0.05) is 45.1 Å². The highest BCUT2D eigenvalue weighted by Gasteiger charge is 2.29. The van der Waals surface area contributed by atoms with Crippen LogP contribution in [-0.4, -0.2) is 57.8 Å². The van der Waals surface area contributed by atoms with Crippen LogP contribution in [0.2, 0.25) is 0 Å². The second-order valence-corrected chi connectivity index (χ2v) is 5.27. The van der Waals surface area contributed by atoms with E-state index in [1.165, 1.54) is 0 Å². The quantitative estimate of drug-likeness (QED) is 0.790. The molecule has 1 aliphatic heterocycles. The van der Waals surface area contributed by atoms with Crippen molar-refractivity contribution in [3.63, 3.8) is 0 Å². The molecule has 1 fully saturated rings. The molecule has 0 N–H and O–H groups in total. The molecule has 0 aromatic carbocycles. The fourth-order valence-electron chi connectivity index (χ4n) is 2.28. The molecule has 2 rings (SSSR count). The SMILES string of the molecule is CC(C)(C#N)N1CCN(CCn2cccn2)CC1. The van der Waals surface area contributed by atoms with E-state index in [1.54, 1.807) is 0 Å². The fourth-order valence-corrected chi connectivity index (χ4v) is 2.28. The monoisotopic (exact) mass is 247 g/mol. The fraction of sp³-hybridized carbons (Fsp3) is 0.692. The summed E-state index contributed by atoms with van der Waals surface area (Å²) in [6, 6.07) is 4.33. The maximum atomic E-state index is 9.12. The zero-order chi connectivity index (χ0) is 13.0. The van der Waals surface area contributed by atoms with Gasteiger partial charge in [0.1, 0.15) is 5.54 Å². The molecule has 5 nitrogen and oxygen atoms in total. The second-order valence-electron chi connectivity index (χ2n) is 5.27. The molecule has 1 saturated heterocycles. The maximum absolute atomic E-state index is 9.12. The largest absolute Gasteiger partial charge is 0.299 e. The Morgan fingerprint density at radius 3 is 2.50 bits per heavy atom. The van der Waals surface area contributed by atoms with Crippen molar-refractivity contribution in [2.24, 2.45) is 0 Å². The smallest absolute Gasteiger partial charge is 0.103 e. The van der Waals surface area contributed by atoms with Gasteiger partial charge in [0.05, 0.1) is 12.6 Å². The Bertz CT molecular complexity index is 396. The van der Waals surface area contributed by atoms with E-state index in [2.05, 4.69) is 21.0 Å². The molecule has 1 aliphatic rings. The topological polar surface area (TPSA) is 48.1 Å². The van der Waals surface area contributed by atoms with E-state index in [4.69, 9.17) is 5.26 Å². The molecule has 18 heavy (non-hydrogen) atoms. The lowest BCUT2D eigenvalue weighted by Crippen LogP contribution is -2.54. The number of hydrogen-bond acceptors (Lipinski definition) is 4. The van der Waals surface area contributed by atoms with Crippen molar-refractivity contribution in [3.05, 3.63) is 18.5 Å². The lowest BCUT2D eigenvalue weighted by Gasteiger charge is -2.40. The second kappa shape index (κ2) is 5.51. The average Bonchev–Trinajstić information content (AvgIpc) is 2.90. The third-order valence-corrected chi connectivity index (χ3v) is 3.64. The minimum Gasteiger partial charge on any atom is -0.299 e. The first-order chi connectivity index (χ1) is 8.62. The zero-order valence-corrected chi connectivity index (χ0v) is 11.2. The highest BCUT2D eigenvalue weighted by atomic mass is 15.3. The average molecular weight is 247 g/mol. The van der Waals surface area contributed by atoms with Gasteiger partial charge in [0.2, 0.25) is 0 Å². The van der Waals surface area contributed by atoms with Gasteiger partial charge < -0.3 is 0 Å². The standard InChI is InChI=1S/C13H21N5/c1-13(2,12-14)17-9-6-16(7-10-17)8-11-18-5-3-4-15-18/h3-5H,6-11H2,1-2H3. The van der Waals surface area contributed by atoms with Crippen LogP contribution in [0.15, 0.2) is 18.5 Å². The third-order valence-electron chi connectivity index (χ3n) is 3.64. The molecule has 5 heteroatoms. The number of nitriles is 1. The van der Waals surface area contributed by atoms with Gasteiger partial charge in [-0.3, -0.25) is 14.5 Å². The molecule has 0 unspecified atom stereocenters. The summed E-state index contributed by atoms with van der Waals surface area (Å²) < 4.78 is 1.96. The number of nitrogens with zero attached hydrogens (tertiary/aromatic N) is 5. The van der Waals surface area contributed by atoms with Crippen LogP contribution in [0.4, 0.5) is 0 Å². The van der Waals surface area contributed by atoms with E-state index in [0.717, 1.165) is 39.3 Å². The van der Waals surface area contributed by atoms with E-state index in [1.807, 2.05) is 37.0 Å². The number of aromatic nitrogens is 2. The molecule has 0 saturated carbocycles. The summed E-state index contributed by atoms with van der Waals surface area (Å²) in [4.78, 5) is 4.70. The first-order valence-corrected chi connectivity index (χ1v) is 6.48. The van der Waals surface area contributed by atoms with E-state index in [0.29, 0.717) is 0 Å². The van der Waals surface area contributed by atoms with Gasteiger partial charge in [-0.15, -0.1) is 0 Å². The van der Waals surface area contributed by atoms with Crippen LogP contribution in [0.3, 0.4) is 0 Å². The highest BCUT2D eigenvalue weighted by molar-refractivity contribution is 5.02. The van der Waals surface area contributed by atoms with E-state index in [-0.39, 0.29) is 5.54 Å². The lowest BCUT2D eigenvalue weighted by atomic mass is 10.0. The lowest BCUT2D eigenvalue weighted by molar-refractivity contribution is 0.0778. The van der Waals surface area contributed by atoms with Crippen molar-refractivity contribution in [2.45, 2.75) is 25.9 Å². The summed E-state index contributed by atoms with van der Waals surface area (Å²) in [7, 11) is 0. The zero-order valence-electron chi connectivity index (χ0n) is 11.2. The molecule has 1 aromatic rings. The Labute approximate surface area is 109 Å². The van der Waals surface area contributed by atoms with Gasteiger partial charge in [-0.2, -0.15) is 10.4 Å². The summed E-state index contributed by atoms with van der Waals surface area (Å²) in [5, 5.41) is 13.3. The first-order valence-electron chi connectivity index (χ1n) is 6.48. The number of piperazine rings is 1. The number of hydrogen-bond donors (Lipinski definition) is 0. The van der Waals surface area contributed by atoms with Gasteiger partial charge in [0.25, 0.3) is 0 Å². The minimum absolute atomic E-state index is 0.339. The molecule has 2 heterocycles. The van der Waals surface area contributed by atoms with E-state index in [9.17, 15) is 0 Å². The van der Waals surface area contributed by atoms with Gasteiger partial charge in [-0.25, -0.2) is 0 Å². The highest BCUT2D eigenvalue weighted by Crippen LogP contribution is 2.15. The molecule has 0 amide bonds. The first kappa shape index (κ1) is 13.1. The van der Waals surface area contributed by atoms with Gasteiger partial charge in [-0.1, -0.05) is 0 Å². The summed E-state index contributed by atoms with van der Waals surface area (Å²) in [6.45, 7) is 9.97. The van der Waals surface area contributed by atoms with Crippen LogP contribution < -0.4 is 0 Å². The predicted octanol–water partition coefficient (Wildman–Crippen LogP) is 0.803. The summed E-state index contributed by atoms with van der Waals surface area (Å²) >= 11 is 0. The van der Waals surface area contributed by atoms with Gasteiger partial charge >= 0.3 is 0 Å². The Morgan fingerprint density at radius 2 is 1.94 bits per heavy atom. The molecule has 0 aliphatic carbocycles. The van der Waals surface area contributed by atoms with Crippen LogP contribution in [-0.2, 0) is 6.54 Å². The molecular formula is C13H21N5. The summed E-state index contributed by atoms with van der Waals surface area (Å²) in [5.74, 6) is 0. The van der Waals surface area contributed by atoms with Crippen molar-refractivity contribution in [3.8, 4) is 6.07 Å². The van der Waals surface area contributed by atoms with Crippen molar-refractivity contribution in [2.75, 3.05) is 32.7 Å². The molecule has 0 spiro atoms. The molecule has 1 aromatic heterocycles.